The van der Waals surface area contributed by atoms with Gasteiger partial charge in [-0.1, -0.05) is 11.6 Å². The lowest BCUT2D eigenvalue weighted by Crippen LogP contribution is -2.23. The van der Waals surface area contributed by atoms with Crippen LogP contribution in [0.25, 0.3) is 0 Å². The topological polar surface area (TPSA) is 64.6 Å². The molecule has 1 aromatic carbocycles. The lowest BCUT2D eigenvalue weighted by atomic mass is 9.97. The number of nitrogens with one attached hydrogen (secondary N) is 1. The molecule has 0 bridgehead atoms. The number of hydrogen-bond donors (Lipinski definition) is 1. The molecule has 1 heterocycles. The average Bonchev–Trinajstić information content (AvgIpc) is 2.40. The monoisotopic (exact) mass is 297 g/mol. The van der Waals surface area contributed by atoms with Crippen LogP contribution in [0.5, 0.6) is 5.75 Å². The highest BCUT2D eigenvalue weighted by Gasteiger charge is 2.28. The van der Waals surface area contributed by atoms with Gasteiger partial charge in [0.1, 0.15) is 11.3 Å². The maximum absolute atomic E-state index is 11.8. The van der Waals surface area contributed by atoms with E-state index >= 15 is 0 Å². The fraction of sp³-hybridized carbons (Fsp3) is 0.429. The van der Waals surface area contributed by atoms with E-state index < -0.39 is 5.97 Å². The molecule has 0 fully saturated rings. The predicted molar refractivity (Wildman–Crippen MR) is 75.5 cm³/mol. The molecule has 20 heavy (non-hydrogen) atoms. The number of methoxy groups -OCH3 is 1. The summed E-state index contributed by atoms with van der Waals surface area (Å²) < 4.78 is 10.5. The van der Waals surface area contributed by atoms with Crippen molar-refractivity contribution in [3.63, 3.8) is 0 Å². The van der Waals surface area contributed by atoms with Crippen LogP contribution in [-0.2, 0) is 16.0 Å². The van der Waals surface area contributed by atoms with Crippen molar-refractivity contribution in [2.75, 3.05) is 12.4 Å². The minimum atomic E-state index is -0.508. The fourth-order valence-electron chi connectivity index (χ4n) is 2.24. The second-order valence-electron chi connectivity index (χ2n) is 4.73. The minimum Gasteiger partial charge on any atom is -0.489 e. The molecule has 0 aliphatic carbocycles. The maximum atomic E-state index is 11.8. The van der Waals surface area contributed by atoms with Crippen LogP contribution in [0.4, 0.5) is 5.69 Å². The van der Waals surface area contributed by atoms with Crippen molar-refractivity contribution in [1.29, 1.82) is 0 Å². The quantitative estimate of drug-likeness (QED) is 0.853. The van der Waals surface area contributed by atoms with E-state index in [-0.39, 0.29) is 17.6 Å². The lowest BCUT2D eigenvalue weighted by molar-refractivity contribution is -0.114. The maximum Gasteiger partial charge on any atom is 0.341 e. The molecule has 0 radical (unpaired) electrons. The molecule has 5 nitrogen and oxygen atoms in total. The normalized spacial score (nSPS) is 16.9. The standard InChI is InChI=1S/C14H16ClNO4/c1-7-4-5-9-12(16-8(2)17)11(15)6-10(13(9)20-7)14(18)19-3/h6-7H,4-5H2,1-3H3,(H,16,17). The van der Waals surface area contributed by atoms with Crippen LogP contribution in [0, 0.1) is 0 Å². The van der Waals surface area contributed by atoms with Gasteiger partial charge in [-0.05, 0) is 25.8 Å². The Hall–Kier alpha value is -1.75. The van der Waals surface area contributed by atoms with E-state index in [0.717, 1.165) is 12.0 Å². The summed E-state index contributed by atoms with van der Waals surface area (Å²) >= 11 is 6.17. The molecule has 108 valence electrons. The van der Waals surface area contributed by atoms with Gasteiger partial charge in [-0.2, -0.15) is 0 Å². The first-order chi connectivity index (χ1) is 9.43. The Balaban J connectivity index is 2.61. The van der Waals surface area contributed by atoms with Crippen LogP contribution in [0.1, 0.15) is 36.2 Å². The van der Waals surface area contributed by atoms with Crippen LogP contribution in [0.2, 0.25) is 5.02 Å². The molecule has 1 aliphatic rings. The van der Waals surface area contributed by atoms with Crippen molar-refractivity contribution < 1.29 is 19.1 Å². The first-order valence-corrected chi connectivity index (χ1v) is 6.69. The Morgan fingerprint density at radius 2 is 2.20 bits per heavy atom. The second-order valence-corrected chi connectivity index (χ2v) is 5.14. The van der Waals surface area contributed by atoms with Crippen molar-refractivity contribution in [3.05, 3.63) is 22.2 Å². The van der Waals surface area contributed by atoms with Gasteiger partial charge in [0.05, 0.1) is 23.9 Å². The lowest BCUT2D eigenvalue weighted by Gasteiger charge is -2.27. The summed E-state index contributed by atoms with van der Waals surface area (Å²) in [6, 6.07) is 1.47. The van der Waals surface area contributed by atoms with Crippen LogP contribution in [0.15, 0.2) is 6.07 Å². The molecule has 1 atom stereocenters. The molecule has 0 saturated carbocycles. The molecule has 0 saturated heterocycles. The number of esters is 1. The third-order valence-corrected chi connectivity index (χ3v) is 3.45. The van der Waals surface area contributed by atoms with Gasteiger partial charge in [0.2, 0.25) is 5.91 Å². The van der Waals surface area contributed by atoms with E-state index in [1.54, 1.807) is 0 Å². The largest absolute Gasteiger partial charge is 0.489 e. The van der Waals surface area contributed by atoms with Gasteiger partial charge >= 0.3 is 5.97 Å². The SMILES string of the molecule is COC(=O)c1cc(Cl)c(NC(C)=O)c2c1OC(C)CC2. The summed E-state index contributed by atoms with van der Waals surface area (Å²) in [7, 11) is 1.30. The predicted octanol–water partition coefficient (Wildman–Crippen LogP) is 2.80. The zero-order valence-electron chi connectivity index (χ0n) is 11.6. The molecule has 0 aromatic heterocycles. The van der Waals surface area contributed by atoms with Crippen LogP contribution >= 0.6 is 11.6 Å². The van der Waals surface area contributed by atoms with E-state index in [1.807, 2.05) is 6.92 Å². The molecule has 6 heteroatoms. The van der Waals surface area contributed by atoms with Crippen molar-refractivity contribution in [1.82, 2.24) is 0 Å². The molecule has 2 rings (SSSR count). The van der Waals surface area contributed by atoms with Crippen LogP contribution < -0.4 is 10.1 Å². The Morgan fingerprint density at radius 3 is 2.80 bits per heavy atom. The summed E-state index contributed by atoms with van der Waals surface area (Å²) in [5.41, 5.74) is 1.54. The first-order valence-electron chi connectivity index (χ1n) is 6.32. The molecule has 1 aliphatic heterocycles. The number of benzene rings is 1. The third-order valence-electron chi connectivity index (χ3n) is 3.16. The van der Waals surface area contributed by atoms with Gasteiger partial charge in [0.15, 0.2) is 0 Å². The van der Waals surface area contributed by atoms with Gasteiger partial charge in [0, 0.05) is 12.5 Å². The first kappa shape index (κ1) is 14.7. The minimum absolute atomic E-state index is 0.00254. The zero-order valence-corrected chi connectivity index (χ0v) is 12.3. The Labute approximate surface area is 122 Å². The Kier molecular flexibility index (Phi) is 4.18. The van der Waals surface area contributed by atoms with Gasteiger partial charge in [-0.3, -0.25) is 4.79 Å². The number of carbonyl (C=O) groups excluding carboxylic acids is 2. The average molecular weight is 298 g/mol. The van der Waals surface area contributed by atoms with Gasteiger partial charge in [-0.15, -0.1) is 0 Å². The number of ether oxygens (including phenoxy) is 2. The molecule has 1 aromatic rings. The third kappa shape index (κ3) is 2.72. The zero-order chi connectivity index (χ0) is 14.9. The van der Waals surface area contributed by atoms with E-state index in [1.165, 1.54) is 20.1 Å². The van der Waals surface area contributed by atoms with Crippen LogP contribution in [0.3, 0.4) is 0 Å². The number of fused-ring (bicyclic) bond motifs is 1. The van der Waals surface area contributed by atoms with Gasteiger partial charge < -0.3 is 14.8 Å². The molecule has 0 spiro atoms. The van der Waals surface area contributed by atoms with Crippen molar-refractivity contribution in [3.8, 4) is 5.75 Å². The second kappa shape index (κ2) is 5.71. The number of rotatable bonds is 2. The molecule has 1 unspecified atom stereocenters. The number of amides is 1. The van der Waals surface area contributed by atoms with Gasteiger partial charge in [-0.25, -0.2) is 4.79 Å². The van der Waals surface area contributed by atoms with E-state index in [0.29, 0.717) is 22.9 Å². The Bertz CT molecular complexity index is 571. The van der Waals surface area contributed by atoms with Crippen molar-refractivity contribution in [2.45, 2.75) is 32.8 Å². The molecular weight excluding hydrogens is 282 g/mol. The highest BCUT2D eigenvalue weighted by Crippen LogP contribution is 2.41. The number of carbonyl (C=O) groups is 2. The van der Waals surface area contributed by atoms with Crippen molar-refractivity contribution in [2.24, 2.45) is 0 Å². The number of anilines is 1. The summed E-state index contributed by atoms with van der Waals surface area (Å²) in [4.78, 5) is 23.1. The highest BCUT2D eigenvalue weighted by molar-refractivity contribution is 6.34. The van der Waals surface area contributed by atoms with E-state index in [4.69, 9.17) is 21.1 Å². The van der Waals surface area contributed by atoms with E-state index in [9.17, 15) is 9.59 Å². The van der Waals surface area contributed by atoms with Crippen molar-refractivity contribution >= 4 is 29.2 Å². The van der Waals surface area contributed by atoms with Crippen LogP contribution in [-0.4, -0.2) is 25.1 Å². The number of hydrogen-bond acceptors (Lipinski definition) is 4. The molecule has 1 N–H and O–H groups in total. The fourth-order valence-corrected chi connectivity index (χ4v) is 2.51. The molecule has 1 amide bonds. The van der Waals surface area contributed by atoms with Gasteiger partial charge in [0.25, 0.3) is 0 Å². The summed E-state index contributed by atoms with van der Waals surface area (Å²) in [5.74, 6) is -0.283. The smallest absolute Gasteiger partial charge is 0.341 e. The number of halogens is 1. The molecular formula is C14H16ClNO4. The summed E-state index contributed by atoms with van der Waals surface area (Å²) in [6.45, 7) is 3.33. The summed E-state index contributed by atoms with van der Waals surface area (Å²) in [6.07, 6.45) is 1.47. The Morgan fingerprint density at radius 1 is 1.50 bits per heavy atom. The highest BCUT2D eigenvalue weighted by atomic mass is 35.5. The van der Waals surface area contributed by atoms with E-state index in [2.05, 4.69) is 5.32 Å². The summed E-state index contributed by atoms with van der Waals surface area (Å²) in [5, 5.41) is 3.00.